The van der Waals surface area contributed by atoms with E-state index in [-0.39, 0.29) is 17.6 Å². The van der Waals surface area contributed by atoms with Crippen LogP contribution in [0.15, 0.2) is 0 Å². The van der Waals surface area contributed by atoms with Crippen LogP contribution in [0.4, 0.5) is 0 Å². The summed E-state index contributed by atoms with van der Waals surface area (Å²) in [5.74, 6) is -0.138. The maximum absolute atomic E-state index is 11.6. The second-order valence-corrected chi connectivity index (χ2v) is 4.36. The number of rotatable bonds is 5. The van der Waals surface area contributed by atoms with Gasteiger partial charge < -0.3 is 14.8 Å². The minimum absolute atomic E-state index is 0.107. The van der Waals surface area contributed by atoms with Gasteiger partial charge in [-0.2, -0.15) is 0 Å². The van der Waals surface area contributed by atoms with Crippen molar-refractivity contribution in [2.45, 2.75) is 50.7 Å². The highest BCUT2D eigenvalue weighted by molar-refractivity contribution is 5.71. The van der Waals surface area contributed by atoms with Gasteiger partial charge in [-0.15, -0.1) is 0 Å². The zero-order valence-corrected chi connectivity index (χ0v) is 10.5. The van der Waals surface area contributed by atoms with Crippen molar-refractivity contribution in [3.05, 3.63) is 0 Å². The third-order valence-electron chi connectivity index (χ3n) is 3.50. The Kier molecular flexibility index (Phi) is 5.22. The van der Waals surface area contributed by atoms with Crippen LogP contribution in [-0.2, 0) is 14.3 Å². The summed E-state index contributed by atoms with van der Waals surface area (Å²) in [5, 5.41) is 3.28. The van der Waals surface area contributed by atoms with Gasteiger partial charge in [-0.1, -0.05) is 12.8 Å². The number of methoxy groups -OCH3 is 1. The van der Waals surface area contributed by atoms with Crippen LogP contribution in [0.1, 0.15) is 39.0 Å². The lowest BCUT2D eigenvalue weighted by atomic mass is 9.77. The maximum atomic E-state index is 11.6. The van der Waals surface area contributed by atoms with Crippen LogP contribution in [0.2, 0.25) is 0 Å². The Morgan fingerprint density at radius 3 is 2.81 bits per heavy atom. The highest BCUT2D eigenvalue weighted by atomic mass is 16.5. The van der Waals surface area contributed by atoms with E-state index in [4.69, 9.17) is 9.47 Å². The summed E-state index contributed by atoms with van der Waals surface area (Å²) in [5.41, 5.74) is -0.237. The van der Waals surface area contributed by atoms with Gasteiger partial charge in [0, 0.05) is 7.11 Å². The molecule has 4 heteroatoms. The summed E-state index contributed by atoms with van der Waals surface area (Å²) < 4.78 is 10.5. The number of nitrogens with one attached hydrogen (secondary N) is 1. The van der Waals surface area contributed by atoms with Crippen molar-refractivity contribution >= 4 is 5.97 Å². The number of hydrogen-bond donors (Lipinski definition) is 1. The van der Waals surface area contributed by atoms with Crippen LogP contribution in [0.3, 0.4) is 0 Å². The smallest absolute Gasteiger partial charge is 0.307 e. The molecule has 1 aliphatic carbocycles. The van der Waals surface area contributed by atoms with E-state index in [0.717, 1.165) is 19.3 Å². The largest absolute Gasteiger partial charge is 0.466 e. The van der Waals surface area contributed by atoms with Crippen molar-refractivity contribution in [1.29, 1.82) is 0 Å². The lowest BCUT2D eigenvalue weighted by Crippen LogP contribution is -2.56. The number of hydrogen-bond acceptors (Lipinski definition) is 4. The van der Waals surface area contributed by atoms with Crippen LogP contribution in [0, 0.1) is 0 Å². The van der Waals surface area contributed by atoms with E-state index < -0.39 is 0 Å². The topological polar surface area (TPSA) is 47.6 Å². The normalized spacial score (nSPS) is 30.1. The lowest BCUT2D eigenvalue weighted by Gasteiger charge is -2.42. The highest BCUT2D eigenvalue weighted by Gasteiger charge is 2.41. The number of carbonyl (C=O) groups is 1. The van der Waals surface area contributed by atoms with Crippen molar-refractivity contribution in [2.75, 3.05) is 20.8 Å². The molecule has 1 fully saturated rings. The van der Waals surface area contributed by atoms with Crippen molar-refractivity contribution < 1.29 is 14.3 Å². The molecular weight excluding hydrogens is 206 g/mol. The van der Waals surface area contributed by atoms with E-state index in [1.807, 2.05) is 14.0 Å². The molecule has 0 heterocycles. The van der Waals surface area contributed by atoms with E-state index in [9.17, 15) is 4.79 Å². The van der Waals surface area contributed by atoms with Crippen LogP contribution >= 0.6 is 0 Å². The van der Waals surface area contributed by atoms with E-state index >= 15 is 0 Å². The van der Waals surface area contributed by atoms with Crippen LogP contribution in [-0.4, -0.2) is 38.4 Å². The summed E-state index contributed by atoms with van der Waals surface area (Å²) in [6, 6.07) is 0. The molecule has 0 amide bonds. The fourth-order valence-corrected chi connectivity index (χ4v) is 2.60. The molecule has 0 saturated heterocycles. The summed E-state index contributed by atoms with van der Waals surface area (Å²) >= 11 is 0. The molecule has 0 aromatic rings. The minimum atomic E-state index is -0.237. The third-order valence-corrected chi connectivity index (χ3v) is 3.50. The zero-order chi connectivity index (χ0) is 12.0. The highest BCUT2D eigenvalue weighted by Crippen LogP contribution is 2.33. The molecule has 1 saturated carbocycles. The second-order valence-electron chi connectivity index (χ2n) is 4.36. The van der Waals surface area contributed by atoms with Gasteiger partial charge in [-0.25, -0.2) is 0 Å². The SMILES string of the molecule is CCOC(=O)CC1(NC)CCCCC1OC. The molecule has 1 N–H and O–H groups in total. The Bertz CT molecular complexity index is 232. The molecular formula is C12H23NO3. The van der Waals surface area contributed by atoms with Gasteiger partial charge in [0.25, 0.3) is 0 Å². The number of esters is 1. The van der Waals surface area contributed by atoms with Crippen LogP contribution in [0.5, 0.6) is 0 Å². The Labute approximate surface area is 97.7 Å². The number of carbonyl (C=O) groups excluding carboxylic acids is 1. The second kappa shape index (κ2) is 6.21. The monoisotopic (exact) mass is 229 g/mol. The summed E-state index contributed by atoms with van der Waals surface area (Å²) in [6.07, 6.45) is 4.80. The molecule has 94 valence electrons. The molecule has 0 bridgehead atoms. The molecule has 0 radical (unpaired) electrons. The van der Waals surface area contributed by atoms with Crippen molar-refractivity contribution in [1.82, 2.24) is 5.32 Å². The Hall–Kier alpha value is -0.610. The molecule has 1 aliphatic rings. The van der Waals surface area contributed by atoms with E-state index in [0.29, 0.717) is 13.0 Å². The molecule has 2 unspecified atom stereocenters. The first-order chi connectivity index (χ1) is 7.68. The van der Waals surface area contributed by atoms with E-state index in [2.05, 4.69) is 5.32 Å². The predicted octanol–water partition coefficient (Wildman–Crippen LogP) is 1.49. The van der Waals surface area contributed by atoms with E-state index in [1.165, 1.54) is 6.42 Å². The van der Waals surface area contributed by atoms with Crippen molar-refractivity contribution in [3.63, 3.8) is 0 Å². The average Bonchev–Trinajstić information content (AvgIpc) is 2.29. The van der Waals surface area contributed by atoms with Crippen molar-refractivity contribution in [2.24, 2.45) is 0 Å². The fraction of sp³-hybridized carbons (Fsp3) is 0.917. The molecule has 0 aliphatic heterocycles. The first-order valence-electron chi connectivity index (χ1n) is 6.06. The lowest BCUT2D eigenvalue weighted by molar-refractivity contribution is -0.147. The molecule has 16 heavy (non-hydrogen) atoms. The summed E-state index contributed by atoms with van der Waals surface area (Å²) in [4.78, 5) is 11.6. The van der Waals surface area contributed by atoms with Gasteiger partial charge >= 0.3 is 5.97 Å². The van der Waals surface area contributed by atoms with Gasteiger partial charge in [-0.05, 0) is 26.8 Å². The van der Waals surface area contributed by atoms with Gasteiger partial charge in [-0.3, -0.25) is 4.79 Å². The summed E-state index contributed by atoms with van der Waals surface area (Å²) in [7, 11) is 3.61. The molecule has 0 aromatic heterocycles. The molecule has 4 nitrogen and oxygen atoms in total. The Morgan fingerprint density at radius 1 is 1.50 bits per heavy atom. The molecule has 2 atom stereocenters. The van der Waals surface area contributed by atoms with Gasteiger partial charge in [0.2, 0.25) is 0 Å². The van der Waals surface area contributed by atoms with Crippen LogP contribution < -0.4 is 5.32 Å². The first kappa shape index (κ1) is 13.5. The molecule has 0 spiro atoms. The quantitative estimate of drug-likeness (QED) is 0.726. The zero-order valence-electron chi connectivity index (χ0n) is 10.5. The van der Waals surface area contributed by atoms with Crippen LogP contribution in [0.25, 0.3) is 0 Å². The van der Waals surface area contributed by atoms with E-state index in [1.54, 1.807) is 7.11 Å². The summed E-state index contributed by atoms with van der Waals surface area (Å²) in [6.45, 7) is 2.27. The minimum Gasteiger partial charge on any atom is -0.466 e. The Morgan fingerprint density at radius 2 is 2.25 bits per heavy atom. The predicted molar refractivity (Wildman–Crippen MR) is 62.3 cm³/mol. The Balaban J connectivity index is 2.69. The maximum Gasteiger partial charge on any atom is 0.307 e. The van der Waals surface area contributed by atoms with Gasteiger partial charge in [0.1, 0.15) is 0 Å². The number of ether oxygens (including phenoxy) is 2. The van der Waals surface area contributed by atoms with Gasteiger partial charge in [0.15, 0.2) is 0 Å². The van der Waals surface area contributed by atoms with Crippen molar-refractivity contribution in [3.8, 4) is 0 Å². The number of likely N-dealkylation sites (N-methyl/N-ethyl adjacent to an activating group) is 1. The third kappa shape index (κ3) is 2.95. The standard InChI is InChI=1S/C12H23NO3/c1-4-16-11(14)9-12(13-2)8-6-5-7-10(12)15-3/h10,13H,4-9H2,1-3H3. The van der Waals surface area contributed by atoms with Gasteiger partial charge in [0.05, 0.1) is 24.7 Å². The average molecular weight is 229 g/mol. The first-order valence-corrected chi connectivity index (χ1v) is 6.06. The fourth-order valence-electron chi connectivity index (χ4n) is 2.60. The molecule has 0 aromatic carbocycles. The molecule has 1 rings (SSSR count).